The highest BCUT2D eigenvalue weighted by molar-refractivity contribution is 7.19. The number of aliphatic carboxylic acids is 1. The fourth-order valence-corrected chi connectivity index (χ4v) is 3.73. The molecule has 0 aliphatic heterocycles. The maximum Gasteiger partial charge on any atom is 0.328 e. The van der Waals surface area contributed by atoms with Crippen LogP contribution in [0.5, 0.6) is 0 Å². The van der Waals surface area contributed by atoms with Gasteiger partial charge in [0, 0.05) is 10.4 Å². The molecule has 1 unspecified atom stereocenters. The number of anilines is 1. The molecule has 8 heteroatoms. The van der Waals surface area contributed by atoms with Crippen molar-refractivity contribution in [1.82, 2.24) is 9.97 Å². The van der Waals surface area contributed by atoms with Crippen LogP contribution in [0.25, 0.3) is 21.3 Å². The molecular formula is C17H16FN3O3S. The predicted molar refractivity (Wildman–Crippen MR) is 94.4 cm³/mol. The smallest absolute Gasteiger partial charge is 0.328 e. The summed E-state index contributed by atoms with van der Waals surface area (Å²) in [5.41, 5.74) is 1.61. The van der Waals surface area contributed by atoms with Gasteiger partial charge >= 0.3 is 5.97 Å². The SMILES string of the molecule is Cc1nc(NC(CO)C(=O)O)c2c(-c3ccc(F)cc3)c(C)sc2n1. The maximum absolute atomic E-state index is 13.3. The zero-order valence-corrected chi connectivity index (χ0v) is 14.4. The fourth-order valence-electron chi connectivity index (χ4n) is 2.64. The summed E-state index contributed by atoms with van der Waals surface area (Å²) in [6.07, 6.45) is 0. The lowest BCUT2D eigenvalue weighted by molar-refractivity contribution is -0.138. The lowest BCUT2D eigenvalue weighted by atomic mass is 10.0. The highest BCUT2D eigenvalue weighted by Crippen LogP contribution is 2.40. The van der Waals surface area contributed by atoms with E-state index >= 15 is 0 Å². The number of nitrogens with one attached hydrogen (secondary N) is 1. The minimum Gasteiger partial charge on any atom is -0.480 e. The summed E-state index contributed by atoms with van der Waals surface area (Å²) >= 11 is 1.45. The van der Waals surface area contributed by atoms with Gasteiger partial charge in [-0.05, 0) is 31.5 Å². The number of thiophene rings is 1. The van der Waals surface area contributed by atoms with E-state index in [1.807, 2.05) is 6.92 Å². The van der Waals surface area contributed by atoms with Gasteiger partial charge in [0.25, 0.3) is 0 Å². The number of benzene rings is 1. The van der Waals surface area contributed by atoms with Gasteiger partial charge in [0.2, 0.25) is 0 Å². The fraction of sp³-hybridized carbons (Fsp3) is 0.235. The molecule has 0 fully saturated rings. The van der Waals surface area contributed by atoms with Gasteiger partial charge < -0.3 is 15.5 Å². The van der Waals surface area contributed by atoms with Crippen LogP contribution in [0.4, 0.5) is 10.2 Å². The zero-order chi connectivity index (χ0) is 18.1. The van der Waals surface area contributed by atoms with E-state index in [9.17, 15) is 19.4 Å². The monoisotopic (exact) mass is 361 g/mol. The number of nitrogens with zero attached hydrogens (tertiary/aromatic N) is 2. The molecule has 0 bridgehead atoms. The number of halogens is 1. The molecule has 2 aromatic heterocycles. The van der Waals surface area contributed by atoms with Crippen molar-refractivity contribution in [2.45, 2.75) is 19.9 Å². The summed E-state index contributed by atoms with van der Waals surface area (Å²) in [5, 5.41) is 21.9. The molecule has 0 aliphatic rings. The number of carboxylic acids is 1. The van der Waals surface area contributed by atoms with Crippen molar-refractivity contribution < 1.29 is 19.4 Å². The number of fused-ring (bicyclic) bond motifs is 1. The van der Waals surface area contributed by atoms with E-state index in [2.05, 4.69) is 15.3 Å². The molecule has 130 valence electrons. The van der Waals surface area contributed by atoms with Gasteiger partial charge in [-0.1, -0.05) is 12.1 Å². The highest BCUT2D eigenvalue weighted by atomic mass is 32.1. The second kappa shape index (κ2) is 6.73. The quantitative estimate of drug-likeness (QED) is 0.647. The van der Waals surface area contributed by atoms with Crippen molar-refractivity contribution >= 4 is 33.3 Å². The normalized spacial score (nSPS) is 12.3. The van der Waals surface area contributed by atoms with Gasteiger partial charge in [-0.2, -0.15) is 0 Å². The number of hydrogen-bond donors (Lipinski definition) is 3. The number of carbonyl (C=O) groups is 1. The van der Waals surface area contributed by atoms with E-state index in [1.54, 1.807) is 19.1 Å². The van der Waals surface area contributed by atoms with Crippen LogP contribution in [0.1, 0.15) is 10.7 Å². The largest absolute Gasteiger partial charge is 0.480 e. The second-order valence-electron chi connectivity index (χ2n) is 5.56. The third kappa shape index (κ3) is 3.31. The molecule has 0 radical (unpaired) electrons. The van der Waals surface area contributed by atoms with Gasteiger partial charge in [0.1, 0.15) is 28.3 Å². The Labute approximate surface area is 147 Å². The van der Waals surface area contributed by atoms with Crippen molar-refractivity contribution in [3.8, 4) is 11.1 Å². The molecule has 6 nitrogen and oxygen atoms in total. The lowest BCUT2D eigenvalue weighted by Gasteiger charge is -2.14. The van der Waals surface area contributed by atoms with E-state index in [1.165, 1.54) is 23.5 Å². The Balaban J connectivity index is 2.22. The molecule has 0 saturated heterocycles. The molecule has 0 saturated carbocycles. The molecule has 25 heavy (non-hydrogen) atoms. The Morgan fingerprint density at radius 1 is 1.28 bits per heavy atom. The first-order chi connectivity index (χ1) is 11.9. The van der Waals surface area contributed by atoms with E-state index in [4.69, 9.17) is 0 Å². The molecule has 1 atom stereocenters. The summed E-state index contributed by atoms with van der Waals surface area (Å²) in [5.74, 6) is -0.684. The Hall–Kier alpha value is -2.58. The first kappa shape index (κ1) is 17.2. The molecule has 3 N–H and O–H groups in total. The molecule has 2 heterocycles. The average Bonchev–Trinajstić information content (AvgIpc) is 2.88. The summed E-state index contributed by atoms with van der Waals surface area (Å²) in [6.45, 7) is 3.06. The van der Waals surface area contributed by atoms with Crippen molar-refractivity contribution in [2.24, 2.45) is 0 Å². The van der Waals surface area contributed by atoms with Gasteiger partial charge in [0.15, 0.2) is 0 Å². The summed E-state index contributed by atoms with van der Waals surface area (Å²) in [4.78, 5) is 21.7. The number of aliphatic hydroxyl groups excluding tert-OH is 1. The van der Waals surface area contributed by atoms with E-state index in [-0.39, 0.29) is 5.82 Å². The number of hydrogen-bond acceptors (Lipinski definition) is 6. The predicted octanol–water partition coefficient (Wildman–Crippen LogP) is 2.97. The van der Waals surface area contributed by atoms with Crippen LogP contribution in [0, 0.1) is 19.7 Å². The number of carboxylic acid groups (broad SMARTS) is 1. The number of rotatable bonds is 5. The van der Waals surface area contributed by atoms with Crippen LogP contribution >= 0.6 is 11.3 Å². The van der Waals surface area contributed by atoms with Crippen LogP contribution in [0.2, 0.25) is 0 Å². The molecular weight excluding hydrogens is 345 g/mol. The van der Waals surface area contributed by atoms with Crippen molar-refractivity contribution in [3.63, 3.8) is 0 Å². The molecule has 3 aromatic rings. The molecule has 1 aromatic carbocycles. The minimum absolute atomic E-state index is 0.336. The Morgan fingerprint density at radius 3 is 2.56 bits per heavy atom. The van der Waals surface area contributed by atoms with E-state index in [0.29, 0.717) is 21.9 Å². The minimum atomic E-state index is -1.18. The maximum atomic E-state index is 13.3. The molecule has 0 spiro atoms. The summed E-state index contributed by atoms with van der Waals surface area (Å²) in [6, 6.07) is 4.88. The van der Waals surface area contributed by atoms with Crippen LogP contribution < -0.4 is 5.32 Å². The third-order valence-electron chi connectivity index (χ3n) is 3.76. The van der Waals surface area contributed by atoms with Gasteiger partial charge in [-0.15, -0.1) is 11.3 Å². The first-order valence-corrected chi connectivity index (χ1v) is 8.36. The standard InChI is InChI=1S/C17H16FN3O3S/c1-8-13(10-3-5-11(18)6-4-10)14-15(21-12(7-22)17(23)24)19-9(2)20-16(14)25-8/h3-6,12,22H,7H2,1-2H3,(H,23,24)(H,19,20,21). The average molecular weight is 361 g/mol. The van der Waals surface area contributed by atoms with Crippen LogP contribution in [-0.4, -0.2) is 38.8 Å². The van der Waals surface area contributed by atoms with Gasteiger partial charge in [0.05, 0.1) is 12.0 Å². The second-order valence-corrected chi connectivity index (χ2v) is 6.76. The van der Waals surface area contributed by atoms with E-state index < -0.39 is 18.6 Å². The number of aliphatic hydroxyl groups is 1. The van der Waals surface area contributed by atoms with Crippen molar-refractivity contribution in [1.29, 1.82) is 0 Å². The molecule has 0 aliphatic carbocycles. The molecule has 0 amide bonds. The Morgan fingerprint density at radius 2 is 1.96 bits per heavy atom. The third-order valence-corrected chi connectivity index (χ3v) is 4.76. The number of aryl methyl sites for hydroxylation is 2. The highest BCUT2D eigenvalue weighted by Gasteiger charge is 2.22. The topological polar surface area (TPSA) is 95.3 Å². The van der Waals surface area contributed by atoms with Crippen molar-refractivity contribution in [2.75, 3.05) is 11.9 Å². The lowest BCUT2D eigenvalue weighted by Crippen LogP contribution is -2.33. The van der Waals surface area contributed by atoms with Crippen molar-refractivity contribution in [3.05, 3.63) is 40.8 Å². The Kier molecular flexibility index (Phi) is 4.65. The van der Waals surface area contributed by atoms with Crippen LogP contribution in [0.3, 0.4) is 0 Å². The van der Waals surface area contributed by atoms with E-state index in [0.717, 1.165) is 16.0 Å². The van der Waals surface area contributed by atoms with Gasteiger partial charge in [-0.25, -0.2) is 19.2 Å². The first-order valence-electron chi connectivity index (χ1n) is 7.54. The van der Waals surface area contributed by atoms with Gasteiger partial charge in [-0.3, -0.25) is 0 Å². The molecule has 3 rings (SSSR count). The summed E-state index contributed by atoms with van der Waals surface area (Å²) < 4.78 is 13.3. The Bertz CT molecular complexity index is 940. The summed E-state index contributed by atoms with van der Waals surface area (Å²) in [7, 11) is 0. The zero-order valence-electron chi connectivity index (χ0n) is 13.6. The van der Waals surface area contributed by atoms with Crippen LogP contribution in [0.15, 0.2) is 24.3 Å². The van der Waals surface area contributed by atoms with Crippen LogP contribution in [-0.2, 0) is 4.79 Å². The number of aromatic nitrogens is 2.